The number of aromatic amines is 1. The molecule has 3 amide bonds. The molecular formula is C31H25N5O5. The maximum Gasteiger partial charge on any atom is 0.335 e. The van der Waals surface area contributed by atoms with Crippen LogP contribution in [0.3, 0.4) is 0 Å². The lowest BCUT2D eigenvalue weighted by Gasteiger charge is -2.28. The minimum absolute atomic E-state index is 0.0967. The van der Waals surface area contributed by atoms with Crippen LogP contribution in [0.4, 0.5) is 16.2 Å². The van der Waals surface area contributed by atoms with Crippen LogP contribution >= 0.6 is 0 Å². The molecule has 0 unspecified atom stereocenters. The first-order chi connectivity index (χ1) is 19.9. The molecule has 0 spiro atoms. The number of urea groups is 1. The monoisotopic (exact) mass is 547 g/mol. The highest BCUT2D eigenvalue weighted by Gasteiger charge is 2.29. The van der Waals surface area contributed by atoms with Gasteiger partial charge in [-0.15, -0.1) is 0 Å². The molecule has 0 atom stereocenters. The number of Topliss-reactive ketones (excluding diaryl/α,β-unsaturated/α-hetero) is 1. The van der Waals surface area contributed by atoms with Crippen LogP contribution in [-0.2, 0) is 4.79 Å². The summed E-state index contributed by atoms with van der Waals surface area (Å²) in [7, 11) is 0. The molecule has 3 aromatic carbocycles. The number of amides is 3. The molecular weight excluding hydrogens is 522 g/mol. The number of aromatic nitrogens is 1. The van der Waals surface area contributed by atoms with Crippen LogP contribution in [0.25, 0.3) is 16.5 Å². The maximum atomic E-state index is 13.2. The van der Waals surface area contributed by atoms with Gasteiger partial charge in [0.2, 0.25) is 0 Å². The van der Waals surface area contributed by atoms with Gasteiger partial charge in [-0.3, -0.25) is 9.59 Å². The third-order valence-electron chi connectivity index (χ3n) is 6.97. The summed E-state index contributed by atoms with van der Waals surface area (Å²) in [6.07, 6.45) is 2.47. The van der Waals surface area contributed by atoms with Gasteiger partial charge >= 0.3 is 12.0 Å². The molecule has 2 heterocycles. The Hall–Kier alpha value is -5.69. The van der Waals surface area contributed by atoms with Crippen molar-refractivity contribution in [2.45, 2.75) is 12.8 Å². The molecule has 4 N–H and O–H groups in total. The fourth-order valence-corrected chi connectivity index (χ4v) is 4.87. The fraction of sp³-hybridized carbons (Fsp3) is 0.129. The van der Waals surface area contributed by atoms with Crippen molar-refractivity contribution in [1.82, 2.24) is 9.88 Å². The molecule has 10 heteroatoms. The highest BCUT2D eigenvalue weighted by molar-refractivity contribution is 6.45. The number of nitrogens with zero attached hydrogens (tertiary/aromatic N) is 2. The summed E-state index contributed by atoms with van der Waals surface area (Å²) in [6.45, 7) is 0.668. The maximum absolute atomic E-state index is 13.2. The van der Waals surface area contributed by atoms with Gasteiger partial charge in [-0.2, -0.15) is 5.26 Å². The summed E-state index contributed by atoms with van der Waals surface area (Å²) in [5.74, 6) is -2.35. The van der Waals surface area contributed by atoms with E-state index in [0.29, 0.717) is 53.8 Å². The normalized spacial score (nSPS) is 12.9. The molecule has 1 aliphatic heterocycles. The lowest BCUT2D eigenvalue weighted by Crippen LogP contribution is -2.40. The number of fused-ring (bicyclic) bond motifs is 1. The van der Waals surface area contributed by atoms with E-state index >= 15 is 0 Å². The van der Waals surface area contributed by atoms with Gasteiger partial charge in [0.1, 0.15) is 0 Å². The SMILES string of the molecule is N#CC(=C1CCN(C(=O)C(=O)c2c[nH]c3c(NC(=O)Nc4ccc(C(=O)O)cc4)cccc23)CC1)c1ccccc1. The van der Waals surface area contributed by atoms with Crippen molar-refractivity contribution < 1.29 is 24.3 Å². The molecule has 1 saturated heterocycles. The number of carboxylic acid groups (broad SMARTS) is 1. The minimum Gasteiger partial charge on any atom is -0.478 e. The molecule has 204 valence electrons. The number of rotatable bonds is 6. The van der Waals surface area contributed by atoms with E-state index < -0.39 is 23.7 Å². The van der Waals surface area contributed by atoms with Gasteiger partial charge in [0.15, 0.2) is 0 Å². The average molecular weight is 548 g/mol. The topological polar surface area (TPSA) is 155 Å². The Morgan fingerprint density at radius 1 is 0.854 bits per heavy atom. The van der Waals surface area contributed by atoms with E-state index in [1.165, 1.54) is 35.4 Å². The number of piperidine rings is 1. The number of aromatic carboxylic acids is 1. The molecule has 1 aromatic heterocycles. The Labute approximate surface area is 234 Å². The van der Waals surface area contributed by atoms with Crippen LogP contribution in [0.5, 0.6) is 0 Å². The molecule has 1 aliphatic rings. The predicted octanol–water partition coefficient (Wildman–Crippen LogP) is 5.29. The average Bonchev–Trinajstić information content (AvgIpc) is 3.43. The van der Waals surface area contributed by atoms with Crippen molar-refractivity contribution in [3.05, 3.63) is 101 Å². The second kappa shape index (κ2) is 11.6. The fourth-order valence-electron chi connectivity index (χ4n) is 4.87. The Morgan fingerprint density at radius 2 is 1.56 bits per heavy atom. The largest absolute Gasteiger partial charge is 0.478 e. The number of benzene rings is 3. The van der Waals surface area contributed by atoms with E-state index in [-0.39, 0.29) is 11.1 Å². The number of carbonyl (C=O) groups is 4. The number of allylic oxidation sites excluding steroid dienone is 1. The van der Waals surface area contributed by atoms with Gasteiger partial charge < -0.3 is 25.6 Å². The number of nitrogens with one attached hydrogen (secondary N) is 3. The van der Waals surface area contributed by atoms with Gasteiger partial charge in [-0.1, -0.05) is 42.5 Å². The van der Waals surface area contributed by atoms with Gasteiger partial charge in [-0.05, 0) is 54.3 Å². The second-order valence-corrected chi connectivity index (χ2v) is 9.47. The third-order valence-corrected chi connectivity index (χ3v) is 6.97. The van der Waals surface area contributed by atoms with Crippen LogP contribution in [0.1, 0.15) is 39.1 Å². The molecule has 0 radical (unpaired) electrons. The first-order valence-electron chi connectivity index (χ1n) is 12.9. The summed E-state index contributed by atoms with van der Waals surface area (Å²) in [5, 5.41) is 24.6. The van der Waals surface area contributed by atoms with Crippen molar-refractivity contribution in [3.63, 3.8) is 0 Å². The van der Waals surface area contributed by atoms with Crippen molar-refractivity contribution in [1.29, 1.82) is 5.26 Å². The number of hydrogen-bond acceptors (Lipinski definition) is 5. The van der Waals surface area contributed by atoms with E-state index in [0.717, 1.165) is 11.1 Å². The highest BCUT2D eigenvalue weighted by atomic mass is 16.4. The zero-order chi connectivity index (χ0) is 28.9. The van der Waals surface area contributed by atoms with Crippen molar-refractivity contribution in [2.24, 2.45) is 0 Å². The van der Waals surface area contributed by atoms with Crippen LogP contribution in [-0.4, -0.2) is 51.8 Å². The number of carboxylic acids is 1. The molecule has 0 aliphatic carbocycles. The number of para-hydroxylation sites is 1. The van der Waals surface area contributed by atoms with Crippen molar-refractivity contribution in [2.75, 3.05) is 23.7 Å². The van der Waals surface area contributed by atoms with Gasteiger partial charge in [0, 0.05) is 30.4 Å². The van der Waals surface area contributed by atoms with E-state index in [2.05, 4.69) is 21.7 Å². The van der Waals surface area contributed by atoms with Crippen LogP contribution in [0.15, 0.2) is 84.6 Å². The van der Waals surface area contributed by atoms with Gasteiger partial charge in [0.05, 0.1) is 34.0 Å². The first-order valence-corrected chi connectivity index (χ1v) is 12.9. The standard InChI is InChI=1S/C31H25N5O5/c32-17-24(19-5-2-1-3-6-19)20-13-15-36(16-14-20)29(38)28(37)25-18-33-27-23(25)7-4-8-26(27)35-31(41)34-22-11-9-21(10-12-22)30(39)40/h1-12,18,33H,13-16H2,(H,39,40)(H2,34,35,41). The number of likely N-dealkylation sites (tertiary alicyclic amines) is 1. The Balaban J connectivity index is 1.27. The number of anilines is 2. The summed E-state index contributed by atoms with van der Waals surface area (Å²) < 4.78 is 0. The summed E-state index contributed by atoms with van der Waals surface area (Å²) in [5.41, 5.74) is 3.99. The number of ketones is 1. The summed E-state index contributed by atoms with van der Waals surface area (Å²) >= 11 is 0. The first kappa shape index (κ1) is 26.9. The van der Waals surface area contributed by atoms with E-state index in [1.807, 2.05) is 30.3 Å². The van der Waals surface area contributed by atoms with E-state index in [9.17, 15) is 24.4 Å². The van der Waals surface area contributed by atoms with E-state index in [1.54, 1.807) is 18.2 Å². The number of nitriles is 1. The lowest BCUT2D eigenvalue weighted by molar-refractivity contribution is -0.126. The Bertz CT molecular complexity index is 1720. The summed E-state index contributed by atoms with van der Waals surface area (Å²) in [4.78, 5) is 54.5. The lowest BCUT2D eigenvalue weighted by atomic mass is 9.93. The Kier molecular flexibility index (Phi) is 7.60. The Morgan fingerprint density at radius 3 is 2.22 bits per heavy atom. The minimum atomic E-state index is -1.07. The quantitative estimate of drug-likeness (QED) is 0.146. The number of H-pyrrole nitrogens is 1. The molecule has 5 rings (SSSR count). The van der Waals surface area contributed by atoms with Crippen molar-refractivity contribution in [3.8, 4) is 6.07 Å². The molecule has 1 fully saturated rings. The molecule has 0 bridgehead atoms. The summed E-state index contributed by atoms with van der Waals surface area (Å²) in [6, 6.07) is 21.8. The molecule has 0 saturated carbocycles. The van der Waals surface area contributed by atoms with Crippen molar-refractivity contribution >= 4 is 51.5 Å². The number of carbonyl (C=O) groups excluding carboxylic acids is 3. The highest BCUT2D eigenvalue weighted by Crippen LogP contribution is 2.29. The molecule has 10 nitrogen and oxygen atoms in total. The van der Waals surface area contributed by atoms with Crippen LogP contribution in [0.2, 0.25) is 0 Å². The third kappa shape index (κ3) is 5.69. The molecule has 41 heavy (non-hydrogen) atoms. The van der Waals surface area contributed by atoms with Crippen LogP contribution in [0, 0.1) is 11.3 Å². The van der Waals surface area contributed by atoms with Gasteiger partial charge in [0.25, 0.3) is 11.7 Å². The second-order valence-electron chi connectivity index (χ2n) is 9.47. The zero-order valence-corrected chi connectivity index (χ0v) is 21.8. The number of hydrogen-bond donors (Lipinski definition) is 4. The van der Waals surface area contributed by atoms with Crippen LogP contribution < -0.4 is 10.6 Å². The predicted molar refractivity (Wildman–Crippen MR) is 153 cm³/mol. The van der Waals surface area contributed by atoms with Gasteiger partial charge in [-0.25, -0.2) is 9.59 Å². The molecule has 4 aromatic rings. The zero-order valence-electron chi connectivity index (χ0n) is 21.8. The smallest absolute Gasteiger partial charge is 0.335 e. The van der Waals surface area contributed by atoms with E-state index in [4.69, 9.17) is 5.11 Å².